The maximum atomic E-state index is 10.6. The van der Waals surface area contributed by atoms with Crippen molar-refractivity contribution in [2.45, 2.75) is 57.7 Å². The zero-order valence-corrected chi connectivity index (χ0v) is 10.0. The van der Waals surface area contributed by atoms with E-state index in [1.807, 2.05) is 0 Å². The lowest BCUT2D eigenvalue weighted by Gasteiger charge is -2.12. The van der Waals surface area contributed by atoms with E-state index in [-0.39, 0.29) is 12.3 Å². The Morgan fingerprint density at radius 1 is 1.47 bits per heavy atom. The Balaban J connectivity index is 2.15. The molecule has 0 aromatic carbocycles. The Kier molecular flexibility index (Phi) is 5.19. The molecule has 4 heteroatoms. The highest BCUT2D eigenvalue weighted by Gasteiger charge is 2.23. The van der Waals surface area contributed by atoms with Crippen molar-refractivity contribution in [2.75, 3.05) is 0 Å². The zero-order chi connectivity index (χ0) is 11.3. The van der Waals surface area contributed by atoms with Crippen molar-refractivity contribution in [2.24, 2.45) is 5.73 Å². The van der Waals surface area contributed by atoms with Crippen molar-refractivity contribution < 1.29 is 9.53 Å². The summed E-state index contributed by atoms with van der Waals surface area (Å²) in [5, 5.41) is 0. The van der Waals surface area contributed by atoms with Gasteiger partial charge in [-0.15, -0.1) is 0 Å². The molecule has 1 amide bonds. The van der Waals surface area contributed by atoms with Crippen LogP contribution in [0.3, 0.4) is 0 Å². The standard InChI is InChI=1S/C11H19NO2S/c1-2-8-3-4-9(14-8)5-6-10(15)7-11(12)13/h8-9H,2-7H2,1H3,(H2,12,13). The van der Waals surface area contributed by atoms with Crippen LogP contribution in [0.5, 0.6) is 0 Å². The van der Waals surface area contributed by atoms with E-state index in [2.05, 4.69) is 6.92 Å². The van der Waals surface area contributed by atoms with Gasteiger partial charge in [-0.25, -0.2) is 0 Å². The van der Waals surface area contributed by atoms with Gasteiger partial charge in [0.15, 0.2) is 0 Å². The van der Waals surface area contributed by atoms with Gasteiger partial charge in [0, 0.05) is 4.86 Å². The van der Waals surface area contributed by atoms with E-state index in [0.717, 1.165) is 37.0 Å². The van der Waals surface area contributed by atoms with Crippen molar-refractivity contribution in [3.05, 3.63) is 0 Å². The normalized spacial score (nSPS) is 25.4. The van der Waals surface area contributed by atoms with Crippen LogP contribution < -0.4 is 5.73 Å². The molecule has 2 N–H and O–H groups in total. The number of nitrogens with two attached hydrogens (primary N) is 1. The molecule has 0 spiro atoms. The predicted octanol–water partition coefficient (Wildman–Crippen LogP) is 1.97. The van der Waals surface area contributed by atoms with Gasteiger partial charge >= 0.3 is 0 Å². The zero-order valence-electron chi connectivity index (χ0n) is 9.20. The highest BCUT2D eigenvalue weighted by atomic mass is 32.1. The molecule has 0 saturated carbocycles. The van der Waals surface area contributed by atoms with Crippen molar-refractivity contribution in [1.82, 2.24) is 0 Å². The van der Waals surface area contributed by atoms with Gasteiger partial charge in [-0.2, -0.15) is 0 Å². The first kappa shape index (κ1) is 12.6. The van der Waals surface area contributed by atoms with E-state index >= 15 is 0 Å². The summed E-state index contributed by atoms with van der Waals surface area (Å²) in [6.45, 7) is 2.14. The maximum Gasteiger partial charge on any atom is 0.222 e. The van der Waals surface area contributed by atoms with E-state index in [9.17, 15) is 4.79 Å². The van der Waals surface area contributed by atoms with E-state index in [0.29, 0.717) is 12.2 Å². The quantitative estimate of drug-likeness (QED) is 0.708. The maximum absolute atomic E-state index is 10.6. The van der Waals surface area contributed by atoms with Gasteiger partial charge in [-0.3, -0.25) is 4.79 Å². The Hall–Kier alpha value is -0.480. The van der Waals surface area contributed by atoms with Crippen LogP contribution in [0.2, 0.25) is 0 Å². The topological polar surface area (TPSA) is 52.3 Å². The van der Waals surface area contributed by atoms with Crippen LogP contribution in [0.1, 0.15) is 45.4 Å². The first-order valence-corrected chi connectivity index (χ1v) is 5.98. The number of carbonyl (C=O) groups excluding carboxylic acids is 1. The molecular weight excluding hydrogens is 210 g/mol. The average Bonchev–Trinajstić information content (AvgIpc) is 2.61. The van der Waals surface area contributed by atoms with Gasteiger partial charge in [0.25, 0.3) is 0 Å². The molecule has 1 aliphatic rings. The Morgan fingerprint density at radius 3 is 2.67 bits per heavy atom. The van der Waals surface area contributed by atoms with Crippen LogP contribution >= 0.6 is 12.2 Å². The fourth-order valence-electron chi connectivity index (χ4n) is 1.90. The summed E-state index contributed by atoms with van der Waals surface area (Å²) in [5.41, 5.74) is 5.06. The first-order valence-electron chi connectivity index (χ1n) is 5.57. The van der Waals surface area contributed by atoms with Gasteiger partial charge in [0.1, 0.15) is 0 Å². The predicted molar refractivity (Wildman–Crippen MR) is 63.8 cm³/mol. The molecular formula is C11H19NO2S. The van der Waals surface area contributed by atoms with Gasteiger partial charge < -0.3 is 10.5 Å². The number of hydrogen-bond donors (Lipinski definition) is 1. The third-order valence-electron chi connectivity index (χ3n) is 2.77. The van der Waals surface area contributed by atoms with Gasteiger partial charge in [-0.1, -0.05) is 19.1 Å². The van der Waals surface area contributed by atoms with Crippen LogP contribution in [0.15, 0.2) is 0 Å². The van der Waals surface area contributed by atoms with E-state index in [4.69, 9.17) is 22.7 Å². The van der Waals surface area contributed by atoms with Crippen molar-refractivity contribution >= 4 is 23.0 Å². The highest BCUT2D eigenvalue weighted by Crippen LogP contribution is 2.25. The largest absolute Gasteiger partial charge is 0.375 e. The number of carbonyl (C=O) groups is 1. The minimum absolute atomic E-state index is 0.235. The third kappa shape index (κ3) is 4.71. The summed E-state index contributed by atoms with van der Waals surface area (Å²) in [7, 11) is 0. The lowest BCUT2D eigenvalue weighted by atomic mass is 10.1. The third-order valence-corrected chi connectivity index (χ3v) is 3.12. The number of hydrogen-bond acceptors (Lipinski definition) is 3. The minimum Gasteiger partial charge on any atom is -0.375 e. The van der Waals surface area contributed by atoms with Crippen LogP contribution in [0.25, 0.3) is 0 Å². The number of amides is 1. The van der Waals surface area contributed by atoms with Crippen LogP contribution in [0, 0.1) is 0 Å². The second-order valence-corrected chi connectivity index (χ2v) is 4.66. The molecule has 1 heterocycles. The monoisotopic (exact) mass is 229 g/mol. The number of thiocarbonyl (C=S) groups is 1. The van der Waals surface area contributed by atoms with Gasteiger partial charge in [0.2, 0.25) is 5.91 Å². The number of rotatable bonds is 6. The van der Waals surface area contributed by atoms with Crippen molar-refractivity contribution in [3.8, 4) is 0 Å². The summed E-state index contributed by atoms with van der Waals surface area (Å²) < 4.78 is 5.79. The molecule has 1 aliphatic heterocycles. The Labute approximate surface area is 96.4 Å². The summed E-state index contributed by atoms with van der Waals surface area (Å²) in [6.07, 6.45) is 6.07. The first-order chi connectivity index (χ1) is 7.11. The summed E-state index contributed by atoms with van der Waals surface area (Å²) in [5.74, 6) is -0.334. The molecule has 0 radical (unpaired) electrons. The lowest BCUT2D eigenvalue weighted by molar-refractivity contribution is -0.116. The van der Waals surface area contributed by atoms with Gasteiger partial charge in [-0.05, 0) is 32.1 Å². The second kappa shape index (κ2) is 6.18. The molecule has 0 aliphatic carbocycles. The molecule has 0 bridgehead atoms. The second-order valence-electron chi connectivity index (χ2n) is 4.09. The smallest absolute Gasteiger partial charge is 0.222 e. The molecule has 0 aromatic rings. The summed E-state index contributed by atoms with van der Waals surface area (Å²) >= 11 is 5.07. The van der Waals surface area contributed by atoms with Crippen LogP contribution in [-0.2, 0) is 9.53 Å². The number of ether oxygens (including phenoxy) is 1. The molecule has 86 valence electrons. The molecule has 1 saturated heterocycles. The minimum atomic E-state index is -0.334. The molecule has 2 atom stereocenters. The fraction of sp³-hybridized carbons (Fsp3) is 0.818. The van der Waals surface area contributed by atoms with E-state index in [1.54, 1.807) is 0 Å². The summed E-state index contributed by atoms with van der Waals surface area (Å²) in [4.78, 5) is 11.4. The Bertz CT molecular complexity index is 243. The SMILES string of the molecule is CCC1CCC(CCC(=S)CC(N)=O)O1. The van der Waals surface area contributed by atoms with Crippen LogP contribution in [0.4, 0.5) is 0 Å². The molecule has 0 aromatic heterocycles. The molecule has 15 heavy (non-hydrogen) atoms. The molecule has 2 unspecified atom stereocenters. The van der Waals surface area contributed by atoms with Crippen molar-refractivity contribution in [3.63, 3.8) is 0 Å². The fourth-order valence-corrected chi connectivity index (χ4v) is 2.16. The molecule has 3 nitrogen and oxygen atoms in total. The Morgan fingerprint density at radius 2 is 2.13 bits per heavy atom. The molecule has 1 fully saturated rings. The van der Waals surface area contributed by atoms with Crippen molar-refractivity contribution in [1.29, 1.82) is 0 Å². The van der Waals surface area contributed by atoms with E-state index in [1.165, 1.54) is 0 Å². The summed E-state index contributed by atoms with van der Waals surface area (Å²) in [6, 6.07) is 0. The molecule has 1 rings (SSSR count). The highest BCUT2D eigenvalue weighted by molar-refractivity contribution is 7.80. The van der Waals surface area contributed by atoms with Crippen LogP contribution in [-0.4, -0.2) is 23.0 Å². The lowest BCUT2D eigenvalue weighted by Crippen LogP contribution is -2.17. The van der Waals surface area contributed by atoms with Gasteiger partial charge in [0.05, 0.1) is 18.6 Å². The van der Waals surface area contributed by atoms with E-state index < -0.39 is 0 Å². The average molecular weight is 229 g/mol. The number of primary amides is 1.